The van der Waals surface area contributed by atoms with Crippen molar-refractivity contribution >= 4 is 17.5 Å². The van der Waals surface area contributed by atoms with E-state index in [1.807, 2.05) is 30.3 Å². The molecule has 1 unspecified atom stereocenters. The average molecular weight is 314 g/mol. The average Bonchev–Trinajstić information content (AvgIpc) is 2.89. The fraction of sp³-hybridized carbons (Fsp3) is 0.176. The van der Waals surface area contributed by atoms with Gasteiger partial charge in [0.2, 0.25) is 5.91 Å². The zero-order valence-corrected chi connectivity index (χ0v) is 12.2. The fourth-order valence-electron chi connectivity index (χ4n) is 2.60. The molecule has 2 aromatic rings. The molecule has 5 nitrogen and oxygen atoms in total. The highest BCUT2D eigenvalue weighted by atomic mass is 19.1. The number of hydrogen-bond donors (Lipinski definition) is 2. The van der Waals surface area contributed by atoms with Crippen molar-refractivity contribution in [1.82, 2.24) is 5.32 Å². The molecule has 0 spiro atoms. The van der Waals surface area contributed by atoms with Crippen LogP contribution in [0.1, 0.15) is 16.8 Å². The molecule has 1 aliphatic heterocycles. The van der Waals surface area contributed by atoms with Crippen LogP contribution in [0.25, 0.3) is 0 Å². The van der Waals surface area contributed by atoms with E-state index in [1.165, 1.54) is 12.1 Å². The number of amides is 2. The van der Waals surface area contributed by atoms with Crippen LogP contribution in [0.2, 0.25) is 0 Å². The Morgan fingerprint density at radius 1 is 1.22 bits per heavy atom. The second-order valence-electron chi connectivity index (χ2n) is 5.30. The van der Waals surface area contributed by atoms with E-state index in [0.29, 0.717) is 13.0 Å². The van der Waals surface area contributed by atoms with Crippen LogP contribution >= 0.6 is 0 Å². The van der Waals surface area contributed by atoms with E-state index in [1.54, 1.807) is 4.90 Å². The summed E-state index contributed by atoms with van der Waals surface area (Å²) in [5, 5.41) is 11.7. The maximum atomic E-state index is 13.7. The topological polar surface area (TPSA) is 69.6 Å². The van der Waals surface area contributed by atoms with Crippen molar-refractivity contribution in [1.29, 1.82) is 0 Å². The molecule has 1 aliphatic rings. The first-order valence-corrected chi connectivity index (χ1v) is 7.22. The van der Waals surface area contributed by atoms with Gasteiger partial charge in [-0.05, 0) is 30.7 Å². The third kappa shape index (κ3) is 3.01. The van der Waals surface area contributed by atoms with Crippen LogP contribution in [-0.4, -0.2) is 29.5 Å². The molecule has 1 atom stereocenters. The summed E-state index contributed by atoms with van der Waals surface area (Å²) < 4.78 is 13.7. The zero-order chi connectivity index (χ0) is 16.4. The minimum atomic E-state index is -0.826. The Morgan fingerprint density at radius 2 is 1.96 bits per heavy atom. The molecule has 0 aliphatic carbocycles. The quantitative estimate of drug-likeness (QED) is 0.911. The molecule has 2 amide bonds. The maximum absolute atomic E-state index is 13.7. The minimum absolute atomic E-state index is 0.200. The Kier molecular flexibility index (Phi) is 3.97. The predicted molar refractivity (Wildman–Crippen MR) is 82.7 cm³/mol. The summed E-state index contributed by atoms with van der Waals surface area (Å²) in [7, 11) is 0. The van der Waals surface area contributed by atoms with Crippen LogP contribution in [0, 0.1) is 5.82 Å². The van der Waals surface area contributed by atoms with Crippen LogP contribution < -0.4 is 10.2 Å². The highest BCUT2D eigenvalue weighted by Gasteiger charge is 2.34. The normalized spacial score (nSPS) is 17.3. The molecular weight excluding hydrogens is 299 g/mol. The standard InChI is InChI=1S/C17H15FN2O3/c18-14-10-12(21)6-7-13(14)16(22)19-15-8-9-20(17(15)23)11-4-2-1-3-5-11/h1-7,10,15,21H,8-9H2,(H,19,22). The number of aromatic hydroxyl groups is 1. The molecule has 3 rings (SSSR count). The fourth-order valence-corrected chi connectivity index (χ4v) is 2.60. The van der Waals surface area contributed by atoms with Gasteiger partial charge in [0.1, 0.15) is 17.6 Å². The largest absolute Gasteiger partial charge is 0.508 e. The third-order valence-corrected chi connectivity index (χ3v) is 3.78. The molecule has 2 aromatic carbocycles. The van der Waals surface area contributed by atoms with Crippen molar-refractivity contribution in [3.8, 4) is 5.75 Å². The third-order valence-electron chi connectivity index (χ3n) is 3.78. The molecule has 0 bridgehead atoms. The molecule has 1 saturated heterocycles. The van der Waals surface area contributed by atoms with Crippen molar-refractivity contribution in [3.05, 3.63) is 59.9 Å². The highest BCUT2D eigenvalue weighted by Crippen LogP contribution is 2.22. The van der Waals surface area contributed by atoms with Gasteiger partial charge in [-0.2, -0.15) is 0 Å². The Hall–Kier alpha value is -2.89. The highest BCUT2D eigenvalue weighted by molar-refractivity contribution is 6.04. The van der Waals surface area contributed by atoms with E-state index in [9.17, 15) is 19.1 Å². The van der Waals surface area contributed by atoms with Crippen molar-refractivity contribution in [2.24, 2.45) is 0 Å². The number of para-hydroxylation sites is 1. The molecule has 23 heavy (non-hydrogen) atoms. The molecular formula is C17H15FN2O3. The first kappa shape index (κ1) is 15.0. The van der Waals surface area contributed by atoms with E-state index < -0.39 is 17.8 Å². The second kappa shape index (κ2) is 6.08. The molecule has 1 heterocycles. The number of hydrogen-bond acceptors (Lipinski definition) is 3. The van der Waals surface area contributed by atoms with Gasteiger partial charge in [0.15, 0.2) is 0 Å². The van der Waals surface area contributed by atoms with Crippen LogP contribution in [0.4, 0.5) is 10.1 Å². The van der Waals surface area contributed by atoms with Gasteiger partial charge in [-0.1, -0.05) is 18.2 Å². The van der Waals surface area contributed by atoms with E-state index in [4.69, 9.17) is 0 Å². The molecule has 0 saturated carbocycles. The van der Waals surface area contributed by atoms with Gasteiger partial charge in [0.25, 0.3) is 5.91 Å². The Balaban J connectivity index is 1.72. The number of nitrogens with zero attached hydrogens (tertiary/aromatic N) is 1. The van der Waals surface area contributed by atoms with Crippen molar-refractivity contribution < 1.29 is 19.1 Å². The zero-order valence-electron chi connectivity index (χ0n) is 12.2. The summed E-state index contributed by atoms with van der Waals surface area (Å²) in [5.74, 6) is -1.97. The number of halogens is 1. The molecule has 0 aromatic heterocycles. The molecule has 0 radical (unpaired) electrons. The summed E-state index contributed by atoms with van der Waals surface area (Å²) in [4.78, 5) is 26.1. The van der Waals surface area contributed by atoms with Crippen LogP contribution in [0.5, 0.6) is 5.75 Å². The van der Waals surface area contributed by atoms with Gasteiger partial charge in [-0.15, -0.1) is 0 Å². The van der Waals surface area contributed by atoms with Gasteiger partial charge >= 0.3 is 0 Å². The number of carbonyl (C=O) groups excluding carboxylic acids is 2. The Bertz CT molecular complexity index is 749. The molecule has 1 fully saturated rings. The lowest BCUT2D eigenvalue weighted by atomic mass is 10.1. The predicted octanol–water partition coefficient (Wildman–Crippen LogP) is 2.07. The number of rotatable bonds is 3. The SMILES string of the molecule is O=C(NC1CCN(c2ccccc2)C1=O)c1ccc(O)cc1F. The van der Waals surface area contributed by atoms with Gasteiger partial charge < -0.3 is 15.3 Å². The molecule has 6 heteroatoms. The van der Waals surface area contributed by atoms with Crippen molar-refractivity contribution in [2.45, 2.75) is 12.5 Å². The number of phenolic OH excluding ortho intramolecular Hbond substituents is 1. The number of nitrogens with one attached hydrogen (secondary N) is 1. The summed E-state index contributed by atoms with van der Waals surface area (Å²) in [6.07, 6.45) is 0.458. The van der Waals surface area contributed by atoms with Gasteiger partial charge in [0.05, 0.1) is 5.56 Å². The van der Waals surface area contributed by atoms with E-state index in [2.05, 4.69) is 5.32 Å². The maximum Gasteiger partial charge on any atom is 0.254 e. The van der Waals surface area contributed by atoms with Crippen LogP contribution in [0.15, 0.2) is 48.5 Å². The van der Waals surface area contributed by atoms with Crippen LogP contribution in [-0.2, 0) is 4.79 Å². The summed E-state index contributed by atoms with van der Waals surface area (Å²) >= 11 is 0. The molecule has 2 N–H and O–H groups in total. The lowest BCUT2D eigenvalue weighted by molar-refractivity contribution is -0.118. The number of phenols is 1. The first-order chi connectivity index (χ1) is 11.1. The van der Waals surface area contributed by atoms with Crippen LogP contribution in [0.3, 0.4) is 0 Å². The first-order valence-electron chi connectivity index (χ1n) is 7.22. The summed E-state index contributed by atoms with van der Waals surface area (Å²) in [5.41, 5.74) is 0.568. The molecule has 118 valence electrons. The van der Waals surface area contributed by atoms with Gasteiger partial charge in [-0.25, -0.2) is 4.39 Å². The van der Waals surface area contributed by atoms with Crippen molar-refractivity contribution in [3.63, 3.8) is 0 Å². The second-order valence-corrected chi connectivity index (χ2v) is 5.30. The monoisotopic (exact) mass is 314 g/mol. The van der Waals surface area contributed by atoms with E-state index in [0.717, 1.165) is 11.8 Å². The van der Waals surface area contributed by atoms with Crippen molar-refractivity contribution in [2.75, 3.05) is 11.4 Å². The number of anilines is 1. The lowest BCUT2D eigenvalue weighted by Crippen LogP contribution is -2.41. The number of benzene rings is 2. The number of carbonyl (C=O) groups is 2. The Morgan fingerprint density at radius 3 is 2.65 bits per heavy atom. The minimum Gasteiger partial charge on any atom is -0.508 e. The summed E-state index contributed by atoms with van der Waals surface area (Å²) in [6.45, 7) is 0.492. The Labute approximate surface area is 132 Å². The lowest BCUT2D eigenvalue weighted by Gasteiger charge is -2.17. The van der Waals surface area contributed by atoms with E-state index in [-0.39, 0.29) is 17.2 Å². The van der Waals surface area contributed by atoms with E-state index >= 15 is 0 Å². The van der Waals surface area contributed by atoms with Gasteiger partial charge in [-0.3, -0.25) is 9.59 Å². The smallest absolute Gasteiger partial charge is 0.254 e. The summed E-state index contributed by atoms with van der Waals surface area (Å²) in [6, 6.07) is 11.8. The van der Waals surface area contributed by atoms with Gasteiger partial charge in [0, 0.05) is 18.3 Å².